The van der Waals surface area contributed by atoms with Crippen molar-refractivity contribution in [2.75, 3.05) is 13.2 Å². The zero-order valence-electron chi connectivity index (χ0n) is 26.0. The molecule has 10 nitrogen and oxygen atoms in total. The molecule has 0 aromatic carbocycles. The van der Waals surface area contributed by atoms with E-state index >= 15 is 0 Å². The average molecular weight is 609 g/mol. The maximum absolute atomic E-state index is 14.1. The Morgan fingerprint density at radius 1 is 1.09 bits per heavy atom. The monoisotopic (exact) mass is 608 g/mol. The van der Waals surface area contributed by atoms with Crippen molar-refractivity contribution in [2.24, 2.45) is 46.3 Å². The first-order valence-electron chi connectivity index (χ1n) is 16.5. The predicted molar refractivity (Wildman–Crippen MR) is 154 cm³/mol. The molecular formula is C33H52O10. The number of allylic oxidation sites excluding steroid dienone is 1. The number of ketones is 1. The second-order valence-electron chi connectivity index (χ2n) is 15.3. The van der Waals surface area contributed by atoms with E-state index in [9.17, 15) is 35.4 Å². The molecule has 0 radical (unpaired) electrons. The van der Waals surface area contributed by atoms with Crippen LogP contribution in [0.1, 0.15) is 79.1 Å². The largest absolute Gasteiger partial charge is 0.394 e. The molecule has 2 saturated heterocycles. The van der Waals surface area contributed by atoms with Crippen molar-refractivity contribution in [3.05, 3.63) is 11.6 Å². The number of carbonyl (C=O) groups excluding carboxylic acids is 1. The van der Waals surface area contributed by atoms with Crippen molar-refractivity contribution in [1.82, 2.24) is 0 Å². The highest BCUT2D eigenvalue weighted by atomic mass is 16.7. The Labute approximate surface area is 254 Å². The van der Waals surface area contributed by atoms with E-state index in [2.05, 4.69) is 19.9 Å². The molecule has 6 N–H and O–H groups in total. The first kappa shape index (κ1) is 32.0. The number of Topliss-reactive ketones (excluding diaryl/α,β-unsaturated/α-hetero) is 1. The summed E-state index contributed by atoms with van der Waals surface area (Å²) in [5.74, 6) is -0.461. The molecule has 6 rings (SSSR count). The van der Waals surface area contributed by atoms with Gasteiger partial charge in [0, 0.05) is 30.1 Å². The molecule has 0 amide bonds. The van der Waals surface area contributed by atoms with Crippen LogP contribution in [0.2, 0.25) is 0 Å². The van der Waals surface area contributed by atoms with Gasteiger partial charge in [-0.1, -0.05) is 39.3 Å². The topological polar surface area (TPSA) is 166 Å². The van der Waals surface area contributed by atoms with Gasteiger partial charge in [0.1, 0.15) is 30.2 Å². The highest BCUT2D eigenvalue weighted by Gasteiger charge is 2.70. The number of carbonyl (C=O) groups is 1. The summed E-state index contributed by atoms with van der Waals surface area (Å²) in [5, 5.41) is 61.8. The van der Waals surface area contributed by atoms with E-state index in [0.29, 0.717) is 36.9 Å². The lowest BCUT2D eigenvalue weighted by Gasteiger charge is -2.57. The summed E-state index contributed by atoms with van der Waals surface area (Å²) in [6.07, 6.45) is 0.958. The number of aliphatic hydroxyl groups is 6. The molecule has 4 aliphatic carbocycles. The molecule has 0 aromatic heterocycles. The van der Waals surface area contributed by atoms with E-state index in [1.807, 2.05) is 13.8 Å². The molecule has 2 heterocycles. The van der Waals surface area contributed by atoms with Gasteiger partial charge in [-0.2, -0.15) is 0 Å². The molecule has 6 aliphatic rings. The minimum Gasteiger partial charge on any atom is -0.394 e. The number of hydrogen-bond acceptors (Lipinski definition) is 10. The normalized spacial score (nSPS) is 53.4. The first-order chi connectivity index (χ1) is 20.2. The van der Waals surface area contributed by atoms with Crippen LogP contribution in [0.15, 0.2) is 11.6 Å². The summed E-state index contributed by atoms with van der Waals surface area (Å²) in [6.45, 7) is 8.08. The number of hydrogen-bond donors (Lipinski definition) is 6. The van der Waals surface area contributed by atoms with E-state index in [1.54, 1.807) is 0 Å². The molecule has 0 unspecified atom stereocenters. The lowest BCUT2D eigenvalue weighted by atomic mass is 9.46. The summed E-state index contributed by atoms with van der Waals surface area (Å²) >= 11 is 0. The Hall–Kier alpha value is -0.950. The summed E-state index contributed by atoms with van der Waals surface area (Å²) in [7, 11) is 0. The molecule has 16 atom stereocenters. The van der Waals surface area contributed by atoms with Crippen LogP contribution in [0, 0.1) is 46.3 Å². The van der Waals surface area contributed by atoms with E-state index < -0.39 is 48.5 Å². The van der Waals surface area contributed by atoms with Gasteiger partial charge in [0.25, 0.3) is 0 Å². The van der Waals surface area contributed by atoms with Gasteiger partial charge in [-0.3, -0.25) is 4.79 Å². The molecule has 0 spiro atoms. The quantitative estimate of drug-likeness (QED) is 0.234. The van der Waals surface area contributed by atoms with Crippen molar-refractivity contribution in [3.63, 3.8) is 0 Å². The Kier molecular flexibility index (Phi) is 8.47. The minimum absolute atomic E-state index is 0.0299. The van der Waals surface area contributed by atoms with Gasteiger partial charge in [-0.15, -0.1) is 0 Å². The fourth-order valence-corrected chi connectivity index (χ4v) is 10.3. The van der Waals surface area contributed by atoms with Gasteiger partial charge in [0.05, 0.1) is 25.4 Å². The molecule has 2 aliphatic heterocycles. The Morgan fingerprint density at radius 3 is 2.56 bits per heavy atom. The maximum Gasteiger partial charge on any atom is 0.186 e. The molecule has 0 bridgehead atoms. The summed E-state index contributed by atoms with van der Waals surface area (Å²) in [4.78, 5) is 14.1. The predicted octanol–water partition coefficient (Wildman–Crippen LogP) is 1.67. The van der Waals surface area contributed by atoms with E-state index in [1.165, 1.54) is 5.57 Å². The van der Waals surface area contributed by atoms with Crippen LogP contribution in [0.5, 0.6) is 0 Å². The van der Waals surface area contributed by atoms with Crippen LogP contribution >= 0.6 is 0 Å². The van der Waals surface area contributed by atoms with Crippen molar-refractivity contribution < 1.29 is 49.6 Å². The lowest BCUT2D eigenvalue weighted by Crippen LogP contribution is -2.59. The molecule has 43 heavy (non-hydrogen) atoms. The third kappa shape index (κ3) is 4.99. The molecule has 10 heteroatoms. The van der Waals surface area contributed by atoms with Crippen LogP contribution < -0.4 is 0 Å². The third-order valence-electron chi connectivity index (χ3n) is 13.0. The summed E-state index contributed by atoms with van der Waals surface area (Å²) in [5.41, 5.74) is 0.770. The number of ether oxygens (including phenoxy) is 3. The van der Waals surface area contributed by atoms with Gasteiger partial charge in [0.15, 0.2) is 12.1 Å². The number of aliphatic hydroxyl groups excluding tert-OH is 5. The smallest absolute Gasteiger partial charge is 0.186 e. The zero-order chi connectivity index (χ0) is 31.1. The van der Waals surface area contributed by atoms with Crippen LogP contribution in [-0.2, 0) is 19.0 Å². The second kappa shape index (κ2) is 11.4. The van der Waals surface area contributed by atoms with Gasteiger partial charge in [-0.25, -0.2) is 0 Å². The van der Waals surface area contributed by atoms with Crippen LogP contribution in [0.3, 0.4) is 0 Å². The standard InChI is InChI=1S/C33H52O10/c1-16(15-41-30-29(39)28(38)27(37)24(14-34)42-30)7-10-33(40)17(2)26-23(43-33)12-22-20-6-5-18-11-19(35)8-9-31(18,3)21(20)13-25(36)32(22,26)4/h5,16-17,19-24,26-30,34-35,37-40H,6-15H2,1-4H3/t16-,17+,19+,20-,21+,22+,23+,24-,26+,27-,28+,29-,30-,31+,32-,33-/m1/s1. The molecule has 0 aromatic rings. The highest BCUT2D eigenvalue weighted by molar-refractivity contribution is 5.87. The van der Waals surface area contributed by atoms with Gasteiger partial charge < -0.3 is 44.8 Å². The van der Waals surface area contributed by atoms with Gasteiger partial charge in [-0.05, 0) is 67.6 Å². The molecule has 5 fully saturated rings. The fraction of sp³-hybridized carbons (Fsp3) is 0.909. The van der Waals surface area contributed by atoms with Crippen LogP contribution in [0.25, 0.3) is 0 Å². The van der Waals surface area contributed by atoms with Crippen molar-refractivity contribution >= 4 is 5.78 Å². The minimum atomic E-state index is -1.49. The van der Waals surface area contributed by atoms with Crippen LogP contribution in [0.4, 0.5) is 0 Å². The van der Waals surface area contributed by atoms with Crippen LogP contribution in [-0.4, -0.2) is 98.3 Å². The van der Waals surface area contributed by atoms with E-state index in [0.717, 1.165) is 32.1 Å². The highest BCUT2D eigenvalue weighted by Crippen LogP contribution is 2.69. The Morgan fingerprint density at radius 2 is 1.84 bits per heavy atom. The SMILES string of the molecule is C[C@H](CC[C@@]1(O)O[C@H]2C[C@H]3[C@@H]4CC=C5C[C@@H](O)CC[C@]5(C)[C@H]4CC(=O)[C@]3(C)[C@H]2[C@@H]1C)CO[C@@H]1O[C@H](CO)[C@@H](O)[C@H](O)[C@H]1O. The molecule has 3 saturated carbocycles. The lowest BCUT2D eigenvalue weighted by molar-refractivity contribution is -0.303. The van der Waals surface area contributed by atoms with Gasteiger partial charge >= 0.3 is 0 Å². The van der Waals surface area contributed by atoms with E-state index in [-0.39, 0.29) is 47.9 Å². The summed E-state index contributed by atoms with van der Waals surface area (Å²) in [6, 6.07) is 0. The van der Waals surface area contributed by atoms with Crippen molar-refractivity contribution in [2.45, 2.75) is 128 Å². The van der Waals surface area contributed by atoms with E-state index in [4.69, 9.17) is 14.2 Å². The fourth-order valence-electron chi connectivity index (χ4n) is 10.3. The molecule has 244 valence electrons. The maximum atomic E-state index is 14.1. The second-order valence-corrected chi connectivity index (χ2v) is 15.3. The van der Waals surface area contributed by atoms with Gasteiger partial charge in [0.2, 0.25) is 0 Å². The van der Waals surface area contributed by atoms with Crippen molar-refractivity contribution in [1.29, 1.82) is 0 Å². The third-order valence-corrected chi connectivity index (χ3v) is 13.0. The zero-order valence-corrected chi connectivity index (χ0v) is 26.0. The first-order valence-corrected chi connectivity index (χ1v) is 16.5. The Bertz CT molecular complexity index is 1100. The average Bonchev–Trinajstić information content (AvgIpc) is 3.41. The van der Waals surface area contributed by atoms with Crippen molar-refractivity contribution in [3.8, 4) is 0 Å². The number of rotatable bonds is 7. The summed E-state index contributed by atoms with van der Waals surface area (Å²) < 4.78 is 17.7. The number of fused-ring (bicyclic) bond motifs is 7. The Balaban J connectivity index is 1.09. The molecular weight excluding hydrogens is 556 g/mol.